The lowest BCUT2D eigenvalue weighted by atomic mass is 9.86. The van der Waals surface area contributed by atoms with Gasteiger partial charge in [-0.2, -0.15) is 0 Å². The number of nitrogens with zero attached hydrogens (tertiary/aromatic N) is 1. The Morgan fingerprint density at radius 2 is 2.18 bits per heavy atom. The molecule has 1 aliphatic heterocycles. The molecule has 1 aliphatic rings. The fraction of sp³-hybridized carbons (Fsp3) is 0.667. The van der Waals surface area contributed by atoms with E-state index in [0.717, 1.165) is 43.9 Å². The summed E-state index contributed by atoms with van der Waals surface area (Å²) in [4.78, 5) is 2.22. The van der Waals surface area contributed by atoms with E-state index in [1.54, 1.807) is 7.11 Å². The van der Waals surface area contributed by atoms with Crippen molar-refractivity contribution in [3.63, 3.8) is 0 Å². The molecule has 2 unspecified atom stereocenters. The Balaban J connectivity index is 2.17. The van der Waals surface area contributed by atoms with Crippen LogP contribution in [0.25, 0.3) is 0 Å². The molecule has 1 heterocycles. The van der Waals surface area contributed by atoms with E-state index in [-0.39, 0.29) is 11.6 Å². The first-order valence-corrected chi connectivity index (χ1v) is 8.23. The van der Waals surface area contributed by atoms with Gasteiger partial charge in [0.1, 0.15) is 17.1 Å². The van der Waals surface area contributed by atoms with E-state index in [9.17, 15) is 0 Å². The first-order valence-electron chi connectivity index (χ1n) is 8.23. The minimum atomic E-state index is -0.113. The number of rotatable bonds is 7. The molecule has 0 aromatic heterocycles. The second-order valence-electron chi connectivity index (χ2n) is 6.65. The largest absolute Gasteiger partial charge is 0.496 e. The number of benzene rings is 1. The fourth-order valence-corrected chi connectivity index (χ4v) is 3.04. The van der Waals surface area contributed by atoms with Gasteiger partial charge in [0, 0.05) is 12.5 Å². The smallest absolute Gasteiger partial charge is 0.128 e. The second-order valence-corrected chi connectivity index (χ2v) is 6.65. The summed E-state index contributed by atoms with van der Waals surface area (Å²) in [6.45, 7) is 6.48. The Hall–Kier alpha value is -1.26. The molecule has 0 bridgehead atoms. The van der Waals surface area contributed by atoms with Crippen LogP contribution in [-0.2, 0) is 0 Å². The Morgan fingerprint density at radius 1 is 1.41 bits per heavy atom. The SMILES string of the molecule is CCC1(C)CC(NCCCN(C)C)c2c(OC)cccc2O1. The monoisotopic (exact) mass is 306 g/mol. The molecule has 0 spiro atoms. The third-order valence-corrected chi connectivity index (χ3v) is 4.51. The number of nitrogens with one attached hydrogen (secondary N) is 1. The van der Waals surface area contributed by atoms with E-state index in [1.165, 1.54) is 5.56 Å². The summed E-state index contributed by atoms with van der Waals surface area (Å²) in [6.07, 6.45) is 3.11. The zero-order valence-electron chi connectivity index (χ0n) is 14.6. The molecule has 1 aromatic rings. The van der Waals surface area contributed by atoms with Crippen LogP contribution in [0.5, 0.6) is 11.5 Å². The molecule has 1 aromatic carbocycles. The summed E-state index contributed by atoms with van der Waals surface area (Å²) in [5.74, 6) is 1.88. The first kappa shape index (κ1) is 17.1. The molecule has 0 fully saturated rings. The van der Waals surface area contributed by atoms with Gasteiger partial charge in [0.05, 0.1) is 12.7 Å². The molecule has 0 saturated carbocycles. The maximum atomic E-state index is 6.26. The van der Waals surface area contributed by atoms with Crippen molar-refractivity contribution in [2.24, 2.45) is 0 Å². The molecule has 124 valence electrons. The molecule has 0 radical (unpaired) electrons. The van der Waals surface area contributed by atoms with Crippen LogP contribution < -0.4 is 14.8 Å². The van der Waals surface area contributed by atoms with E-state index in [0.29, 0.717) is 0 Å². The zero-order chi connectivity index (χ0) is 16.2. The minimum absolute atomic E-state index is 0.113. The predicted molar refractivity (Wildman–Crippen MR) is 90.8 cm³/mol. The van der Waals surface area contributed by atoms with Crippen molar-refractivity contribution in [3.8, 4) is 11.5 Å². The summed E-state index contributed by atoms with van der Waals surface area (Å²) < 4.78 is 11.8. The van der Waals surface area contributed by atoms with Crippen molar-refractivity contribution in [1.82, 2.24) is 10.2 Å². The molecule has 4 heteroatoms. The molecule has 1 N–H and O–H groups in total. The van der Waals surface area contributed by atoms with Crippen LogP contribution in [0.1, 0.15) is 44.7 Å². The lowest BCUT2D eigenvalue weighted by Crippen LogP contribution is -2.42. The average molecular weight is 306 g/mol. The van der Waals surface area contributed by atoms with Gasteiger partial charge in [0.2, 0.25) is 0 Å². The van der Waals surface area contributed by atoms with Gasteiger partial charge in [-0.25, -0.2) is 0 Å². The van der Waals surface area contributed by atoms with Crippen LogP contribution in [0.15, 0.2) is 18.2 Å². The summed E-state index contributed by atoms with van der Waals surface area (Å²) >= 11 is 0. The Kier molecular flexibility index (Phi) is 5.70. The van der Waals surface area contributed by atoms with Crippen molar-refractivity contribution in [3.05, 3.63) is 23.8 Å². The lowest BCUT2D eigenvalue weighted by molar-refractivity contribution is 0.0431. The van der Waals surface area contributed by atoms with Crippen molar-refractivity contribution in [1.29, 1.82) is 0 Å². The van der Waals surface area contributed by atoms with Gasteiger partial charge in [-0.05, 0) is 59.1 Å². The highest BCUT2D eigenvalue weighted by Gasteiger charge is 2.37. The van der Waals surface area contributed by atoms with Crippen LogP contribution in [0.4, 0.5) is 0 Å². The van der Waals surface area contributed by atoms with Crippen LogP contribution in [0.3, 0.4) is 0 Å². The van der Waals surface area contributed by atoms with Gasteiger partial charge in [0.15, 0.2) is 0 Å². The number of hydrogen-bond acceptors (Lipinski definition) is 4. The third-order valence-electron chi connectivity index (χ3n) is 4.51. The van der Waals surface area contributed by atoms with Gasteiger partial charge in [0.25, 0.3) is 0 Å². The number of fused-ring (bicyclic) bond motifs is 1. The Bertz CT molecular complexity index is 490. The van der Waals surface area contributed by atoms with Crippen LogP contribution in [-0.4, -0.2) is 44.8 Å². The van der Waals surface area contributed by atoms with Crippen molar-refractivity contribution in [2.75, 3.05) is 34.3 Å². The highest BCUT2D eigenvalue weighted by molar-refractivity contribution is 5.48. The normalized spacial score (nSPS) is 24.0. The molecular weight excluding hydrogens is 276 g/mol. The number of hydrogen-bond donors (Lipinski definition) is 1. The van der Waals surface area contributed by atoms with Gasteiger partial charge >= 0.3 is 0 Å². The average Bonchev–Trinajstić information content (AvgIpc) is 2.50. The summed E-state index contributed by atoms with van der Waals surface area (Å²) in [5, 5.41) is 3.71. The van der Waals surface area contributed by atoms with Gasteiger partial charge < -0.3 is 19.7 Å². The summed E-state index contributed by atoms with van der Waals surface area (Å²) in [5.41, 5.74) is 1.05. The molecule has 22 heavy (non-hydrogen) atoms. The Morgan fingerprint density at radius 3 is 2.82 bits per heavy atom. The van der Waals surface area contributed by atoms with Crippen molar-refractivity contribution >= 4 is 0 Å². The summed E-state index contributed by atoms with van der Waals surface area (Å²) in [6, 6.07) is 6.36. The highest BCUT2D eigenvalue weighted by Crippen LogP contribution is 2.45. The van der Waals surface area contributed by atoms with Crippen molar-refractivity contribution in [2.45, 2.75) is 44.8 Å². The topological polar surface area (TPSA) is 33.7 Å². The molecule has 2 rings (SSSR count). The molecule has 0 amide bonds. The molecule has 0 saturated heterocycles. The zero-order valence-corrected chi connectivity index (χ0v) is 14.6. The first-order chi connectivity index (χ1) is 10.5. The highest BCUT2D eigenvalue weighted by atomic mass is 16.5. The van der Waals surface area contributed by atoms with E-state index >= 15 is 0 Å². The maximum Gasteiger partial charge on any atom is 0.128 e. The quantitative estimate of drug-likeness (QED) is 0.784. The van der Waals surface area contributed by atoms with Gasteiger partial charge in [-0.3, -0.25) is 0 Å². The molecular formula is C18H30N2O2. The minimum Gasteiger partial charge on any atom is -0.496 e. The lowest BCUT2D eigenvalue weighted by Gasteiger charge is -2.40. The van der Waals surface area contributed by atoms with E-state index in [4.69, 9.17) is 9.47 Å². The summed E-state index contributed by atoms with van der Waals surface area (Å²) in [7, 11) is 5.95. The standard InChI is InChI=1S/C18H30N2O2/c1-6-18(2)13-14(19-11-8-12-20(3)4)17-15(21-5)9-7-10-16(17)22-18/h7,9-10,14,19H,6,8,11-13H2,1-5H3. The third kappa shape index (κ3) is 3.93. The van der Waals surface area contributed by atoms with E-state index < -0.39 is 0 Å². The number of methoxy groups -OCH3 is 1. The van der Waals surface area contributed by atoms with Gasteiger partial charge in [-0.1, -0.05) is 13.0 Å². The maximum absolute atomic E-state index is 6.26. The number of ether oxygens (including phenoxy) is 2. The van der Waals surface area contributed by atoms with Crippen LogP contribution >= 0.6 is 0 Å². The van der Waals surface area contributed by atoms with E-state index in [2.05, 4.69) is 44.2 Å². The fourth-order valence-electron chi connectivity index (χ4n) is 3.04. The van der Waals surface area contributed by atoms with Crippen LogP contribution in [0, 0.1) is 0 Å². The molecule has 2 atom stereocenters. The van der Waals surface area contributed by atoms with E-state index in [1.807, 2.05) is 12.1 Å². The van der Waals surface area contributed by atoms with Gasteiger partial charge in [-0.15, -0.1) is 0 Å². The second kappa shape index (κ2) is 7.34. The molecule has 0 aliphatic carbocycles. The molecule has 4 nitrogen and oxygen atoms in total. The predicted octanol–water partition coefficient (Wildman–Crippen LogP) is 3.23. The van der Waals surface area contributed by atoms with Crippen molar-refractivity contribution < 1.29 is 9.47 Å². The Labute approximate surface area is 134 Å². The van der Waals surface area contributed by atoms with Crippen LogP contribution in [0.2, 0.25) is 0 Å².